The monoisotopic (exact) mass is 323 g/mol. The maximum absolute atomic E-state index is 12.5. The first-order valence-electron chi connectivity index (χ1n) is 4.90. The lowest BCUT2D eigenvalue weighted by molar-refractivity contribution is -0.145. The number of alkyl halides is 3. The van der Waals surface area contributed by atoms with Crippen LogP contribution >= 0.6 is 23.4 Å². The molecule has 0 amide bonds. The van der Waals surface area contributed by atoms with Crippen LogP contribution in [0.5, 0.6) is 0 Å². The van der Waals surface area contributed by atoms with E-state index in [1.807, 2.05) is 0 Å². The molecule has 0 bridgehead atoms. The van der Waals surface area contributed by atoms with Gasteiger partial charge in [-0.05, 0) is 11.8 Å². The highest BCUT2D eigenvalue weighted by atomic mass is 35.5. The zero-order chi connectivity index (χ0) is 14.9. The average Bonchev–Trinajstić information content (AvgIpc) is 2.25. The van der Waals surface area contributed by atoms with Gasteiger partial charge in [-0.15, -0.1) is 0 Å². The van der Waals surface area contributed by atoms with E-state index < -0.39 is 17.6 Å². The SMILES string of the molecule is Nc1cc(=O)[nH]c(Sc2cc(Cl)nc(C(F)(F)F)n2)n1. The Balaban J connectivity index is 2.38. The molecule has 0 aliphatic rings. The van der Waals surface area contributed by atoms with Gasteiger partial charge in [0.15, 0.2) is 5.16 Å². The fraction of sp³-hybridized carbons (Fsp3) is 0.111. The van der Waals surface area contributed by atoms with Gasteiger partial charge in [0, 0.05) is 12.1 Å². The van der Waals surface area contributed by atoms with E-state index in [1.165, 1.54) is 0 Å². The van der Waals surface area contributed by atoms with Crippen LogP contribution in [0.25, 0.3) is 0 Å². The number of aromatic nitrogens is 4. The predicted molar refractivity (Wildman–Crippen MR) is 65.4 cm³/mol. The minimum absolute atomic E-state index is 0.00195. The first-order chi connectivity index (χ1) is 9.24. The van der Waals surface area contributed by atoms with E-state index in [4.69, 9.17) is 17.3 Å². The summed E-state index contributed by atoms with van der Waals surface area (Å²) in [6.45, 7) is 0. The van der Waals surface area contributed by atoms with E-state index in [1.54, 1.807) is 0 Å². The summed E-state index contributed by atoms with van der Waals surface area (Å²) in [6.07, 6.45) is -4.73. The molecule has 2 aromatic heterocycles. The number of hydrogen-bond donors (Lipinski definition) is 2. The molecule has 0 fully saturated rings. The smallest absolute Gasteiger partial charge is 0.383 e. The zero-order valence-corrected chi connectivity index (χ0v) is 11.0. The number of anilines is 1. The number of H-pyrrole nitrogens is 1. The van der Waals surface area contributed by atoms with Crippen LogP contribution < -0.4 is 11.3 Å². The standard InChI is InChI=1S/C9H5ClF3N5OS/c10-3-1-6(18-7(15-3)9(11,12)13)20-8-16-4(14)2-5(19)17-8/h1-2H,(H3,14,16,17,19). The third kappa shape index (κ3) is 3.61. The molecule has 0 radical (unpaired) electrons. The van der Waals surface area contributed by atoms with Crippen LogP contribution in [0.1, 0.15) is 5.82 Å². The van der Waals surface area contributed by atoms with Crippen molar-refractivity contribution in [1.82, 2.24) is 19.9 Å². The lowest BCUT2D eigenvalue weighted by Gasteiger charge is -2.07. The predicted octanol–water partition coefficient (Wildman–Crippen LogP) is 1.97. The summed E-state index contributed by atoms with van der Waals surface area (Å²) in [4.78, 5) is 23.6. The maximum atomic E-state index is 12.5. The van der Waals surface area contributed by atoms with Gasteiger partial charge in [0.05, 0.1) is 0 Å². The van der Waals surface area contributed by atoms with Crippen LogP contribution in [-0.2, 0) is 6.18 Å². The Morgan fingerprint density at radius 3 is 2.55 bits per heavy atom. The summed E-state index contributed by atoms with van der Waals surface area (Å²) in [5.41, 5.74) is 4.83. The number of aromatic amines is 1. The molecule has 6 nitrogen and oxygen atoms in total. The first-order valence-corrected chi connectivity index (χ1v) is 6.10. The van der Waals surface area contributed by atoms with Crippen LogP contribution in [0.15, 0.2) is 27.1 Å². The van der Waals surface area contributed by atoms with E-state index in [0.29, 0.717) is 11.8 Å². The van der Waals surface area contributed by atoms with Crippen LogP contribution in [0, 0.1) is 0 Å². The normalized spacial score (nSPS) is 11.6. The average molecular weight is 324 g/mol. The number of rotatable bonds is 2. The number of nitrogens with one attached hydrogen (secondary N) is 1. The second-order valence-electron chi connectivity index (χ2n) is 3.43. The Morgan fingerprint density at radius 2 is 1.95 bits per heavy atom. The molecule has 0 unspecified atom stereocenters. The van der Waals surface area contributed by atoms with Crippen molar-refractivity contribution in [2.75, 3.05) is 5.73 Å². The molecule has 3 N–H and O–H groups in total. The van der Waals surface area contributed by atoms with Crippen molar-refractivity contribution < 1.29 is 13.2 Å². The van der Waals surface area contributed by atoms with Gasteiger partial charge in [0.25, 0.3) is 5.56 Å². The van der Waals surface area contributed by atoms with Crippen molar-refractivity contribution >= 4 is 29.2 Å². The van der Waals surface area contributed by atoms with E-state index in [2.05, 4.69) is 19.9 Å². The van der Waals surface area contributed by atoms with Crippen molar-refractivity contribution in [1.29, 1.82) is 0 Å². The molecule has 2 aromatic rings. The minimum Gasteiger partial charge on any atom is -0.383 e. The Morgan fingerprint density at radius 1 is 1.25 bits per heavy atom. The quantitative estimate of drug-likeness (QED) is 0.647. The Bertz CT molecular complexity index is 705. The molecule has 0 saturated heterocycles. The second kappa shape index (κ2) is 5.29. The van der Waals surface area contributed by atoms with Gasteiger partial charge in [-0.3, -0.25) is 4.79 Å². The van der Waals surface area contributed by atoms with Gasteiger partial charge in [0.2, 0.25) is 5.82 Å². The highest BCUT2D eigenvalue weighted by Gasteiger charge is 2.35. The molecule has 0 aromatic carbocycles. The van der Waals surface area contributed by atoms with Crippen LogP contribution in [0.4, 0.5) is 19.0 Å². The molecule has 20 heavy (non-hydrogen) atoms. The van der Waals surface area contributed by atoms with E-state index in [9.17, 15) is 18.0 Å². The van der Waals surface area contributed by atoms with Gasteiger partial charge in [-0.1, -0.05) is 11.6 Å². The summed E-state index contributed by atoms with van der Waals surface area (Å²) >= 11 is 6.18. The van der Waals surface area contributed by atoms with E-state index >= 15 is 0 Å². The van der Waals surface area contributed by atoms with Crippen molar-refractivity contribution in [3.63, 3.8) is 0 Å². The molecule has 0 saturated carbocycles. The number of nitrogens with zero attached hydrogens (tertiary/aromatic N) is 3. The first kappa shape index (κ1) is 14.6. The third-order valence-corrected chi connectivity index (χ3v) is 2.86. The van der Waals surface area contributed by atoms with Crippen molar-refractivity contribution in [3.8, 4) is 0 Å². The van der Waals surface area contributed by atoms with Gasteiger partial charge in [0.1, 0.15) is 16.0 Å². The van der Waals surface area contributed by atoms with Crippen LogP contribution in [-0.4, -0.2) is 19.9 Å². The molecule has 0 atom stereocenters. The van der Waals surface area contributed by atoms with Gasteiger partial charge in [-0.25, -0.2) is 15.0 Å². The van der Waals surface area contributed by atoms with Crippen molar-refractivity contribution in [3.05, 3.63) is 33.5 Å². The lowest BCUT2D eigenvalue weighted by atomic mass is 10.5. The molecule has 11 heteroatoms. The zero-order valence-electron chi connectivity index (χ0n) is 9.40. The fourth-order valence-electron chi connectivity index (χ4n) is 1.18. The van der Waals surface area contributed by atoms with Crippen molar-refractivity contribution in [2.45, 2.75) is 16.4 Å². The summed E-state index contributed by atoms with van der Waals surface area (Å²) in [5.74, 6) is -1.44. The Kier molecular flexibility index (Phi) is 3.86. The number of halogens is 4. The van der Waals surface area contributed by atoms with Gasteiger partial charge < -0.3 is 10.7 Å². The second-order valence-corrected chi connectivity index (χ2v) is 4.82. The minimum atomic E-state index is -4.73. The van der Waals surface area contributed by atoms with Crippen LogP contribution in [0.2, 0.25) is 5.15 Å². The lowest BCUT2D eigenvalue weighted by Crippen LogP contribution is -2.12. The molecule has 0 spiro atoms. The van der Waals surface area contributed by atoms with E-state index in [-0.39, 0.29) is 21.2 Å². The summed E-state index contributed by atoms with van der Waals surface area (Å²) in [7, 11) is 0. The molecule has 2 heterocycles. The number of hydrogen-bond acceptors (Lipinski definition) is 6. The molecular formula is C9H5ClF3N5OS. The fourth-order valence-corrected chi connectivity index (χ4v) is 2.23. The Labute approximate surface area is 118 Å². The van der Waals surface area contributed by atoms with E-state index in [0.717, 1.165) is 12.1 Å². The summed E-state index contributed by atoms with van der Waals surface area (Å²) in [6, 6.07) is 2.16. The summed E-state index contributed by atoms with van der Waals surface area (Å²) in [5, 5.41) is -0.495. The molecule has 106 valence electrons. The molecular weight excluding hydrogens is 319 g/mol. The maximum Gasteiger partial charge on any atom is 0.451 e. The highest BCUT2D eigenvalue weighted by molar-refractivity contribution is 7.99. The molecule has 0 aliphatic heterocycles. The molecule has 2 rings (SSSR count). The highest BCUT2D eigenvalue weighted by Crippen LogP contribution is 2.31. The van der Waals surface area contributed by atoms with Gasteiger partial charge >= 0.3 is 6.18 Å². The summed E-state index contributed by atoms with van der Waals surface area (Å²) < 4.78 is 37.6. The Hall–Kier alpha value is -1.81. The number of nitrogens with two attached hydrogens (primary N) is 1. The van der Waals surface area contributed by atoms with Crippen molar-refractivity contribution in [2.24, 2.45) is 0 Å². The third-order valence-electron chi connectivity index (χ3n) is 1.87. The topological polar surface area (TPSA) is 97.6 Å². The number of nitrogen functional groups attached to an aromatic ring is 1. The van der Waals surface area contributed by atoms with Crippen LogP contribution in [0.3, 0.4) is 0 Å². The van der Waals surface area contributed by atoms with Gasteiger partial charge in [-0.2, -0.15) is 13.2 Å². The largest absolute Gasteiger partial charge is 0.451 e. The molecule has 0 aliphatic carbocycles.